The third-order valence-electron chi connectivity index (χ3n) is 2.25. The van der Waals surface area contributed by atoms with Crippen molar-refractivity contribution in [3.63, 3.8) is 0 Å². The van der Waals surface area contributed by atoms with Crippen LogP contribution in [0.2, 0.25) is 0 Å². The van der Waals surface area contributed by atoms with Gasteiger partial charge < -0.3 is 9.72 Å². The van der Waals surface area contributed by atoms with Gasteiger partial charge in [-0.25, -0.2) is 4.79 Å². The summed E-state index contributed by atoms with van der Waals surface area (Å²) in [5.74, 6) is -0.446. The van der Waals surface area contributed by atoms with Gasteiger partial charge in [-0.05, 0) is 32.1 Å². The van der Waals surface area contributed by atoms with Crippen molar-refractivity contribution in [2.45, 2.75) is 13.8 Å². The molecule has 0 amide bonds. The van der Waals surface area contributed by atoms with Crippen molar-refractivity contribution in [2.75, 3.05) is 6.61 Å². The van der Waals surface area contributed by atoms with Crippen LogP contribution in [0.15, 0.2) is 16.9 Å². The van der Waals surface area contributed by atoms with Crippen LogP contribution < -0.4 is 14.8 Å². The Kier molecular flexibility index (Phi) is 4.34. The van der Waals surface area contributed by atoms with Gasteiger partial charge in [-0.15, -0.1) is 22.7 Å². The zero-order valence-corrected chi connectivity index (χ0v) is 12.2. The van der Waals surface area contributed by atoms with E-state index in [-0.39, 0.29) is 5.56 Å². The molecule has 0 spiro atoms. The number of H-pyrrole nitrogens is 1. The molecule has 2 aromatic heterocycles. The zero-order chi connectivity index (χ0) is 13.8. The van der Waals surface area contributed by atoms with Gasteiger partial charge in [0.25, 0.3) is 5.56 Å². The Morgan fingerprint density at radius 1 is 1.42 bits per heavy atom. The van der Waals surface area contributed by atoms with Crippen LogP contribution in [0, 0.1) is 6.92 Å². The van der Waals surface area contributed by atoms with Crippen LogP contribution in [0.3, 0.4) is 0 Å². The van der Waals surface area contributed by atoms with Gasteiger partial charge in [-0.1, -0.05) is 0 Å². The predicted molar refractivity (Wildman–Crippen MR) is 77.9 cm³/mol. The summed E-state index contributed by atoms with van der Waals surface area (Å²) < 4.78 is 5.88. The van der Waals surface area contributed by atoms with Gasteiger partial charge in [-0.3, -0.25) is 4.79 Å². The molecule has 0 aliphatic heterocycles. The Bertz CT molecular complexity index is 751. The maximum absolute atomic E-state index is 11.7. The highest BCUT2D eigenvalue weighted by atomic mass is 32.1. The van der Waals surface area contributed by atoms with Crippen molar-refractivity contribution in [1.29, 1.82) is 0 Å². The number of carbonyl (C=O) groups excluding carboxylic acids is 1. The highest BCUT2D eigenvalue weighted by molar-refractivity contribution is 7.13. The SMILES string of the molecule is CCOC(=O)/C=c1/[nH]c(=O)/c(=C\c2ccc(C)s2)s1. The number of carbonyl (C=O) groups is 1. The third kappa shape index (κ3) is 3.65. The largest absolute Gasteiger partial charge is 0.463 e. The quantitative estimate of drug-likeness (QED) is 0.859. The monoisotopic (exact) mass is 295 g/mol. The van der Waals surface area contributed by atoms with Crippen LogP contribution in [-0.2, 0) is 9.53 Å². The van der Waals surface area contributed by atoms with Crippen LogP contribution >= 0.6 is 22.7 Å². The summed E-state index contributed by atoms with van der Waals surface area (Å²) in [5.41, 5.74) is -0.188. The van der Waals surface area contributed by atoms with E-state index in [0.29, 0.717) is 15.8 Å². The lowest BCUT2D eigenvalue weighted by atomic mass is 10.4. The van der Waals surface area contributed by atoms with E-state index in [1.807, 2.05) is 25.1 Å². The summed E-state index contributed by atoms with van der Waals surface area (Å²) in [6.45, 7) is 4.07. The summed E-state index contributed by atoms with van der Waals surface area (Å²) in [6, 6.07) is 3.97. The van der Waals surface area contributed by atoms with Crippen molar-refractivity contribution in [2.24, 2.45) is 0 Å². The molecule has 0 saturated carbocycles. The smallest absolute Gasteiger partial charge is 0.333 e. The fourth-order valence-electron chi connectivity index (χ4n) is 1.48. The number of hydrogen-bond acceptors (Lipinski definition) is 5. The van der Waals surface area contributed by atoms with Crippen molar-refractivity contribution in [3.05, 3.63) is 41.4 Å². The molecule has 1 N–H and O–H groups in total. The van der Waals surface area contributed by atoms with Gasteiger partial charge in [0, 0.05) is 9.75 Å². The first-order valence-electron chi connectivity index (χ1n) is 5.74. The lowest BCUT2D eigenvalue weighted by Crippen LogP contribution is -2.19. The van der Waals surface area contributed by atoms with Crippen molar-refractivity contribution >= 4 is 40.8 Å². The van der Waals surface area contributed by atoms with Crippen LogP contribution in [0.1, 0.15) is 16.7 Å². The topological polar surface area (TPSA) is 59.2 Å². The average Bonchev–Trinajstić information content (AvgIpc) is 2.87. The molecule has 0 unspecified atom stereocenters. The fraction of sp³-hybridized carbons (Fsp3) is 0.231. The second-order valence-corrected chi connectivity index (χ2v) is 6.18. The molecule has 2 heterocycles. The molecule has 0 bridgehead atoms. The fourth-order valence-corrected chi connectivity index (χ4v) is 3.24. The number of hydrogen-bond donors (Lipinski definition) is 1. The summed E-state index contributed by atoms with van der Waals surface area (Å²) in [5, 5.41) is 0. The van der Waals surface area contributed by atoms with Crippen LogP contribution in [0.5, 0.6) is 0 Å². The van der Waals surface area contributed by atoms with Gasteiger partial charge >= 0.3 is 5.97 Å². The van der Waals surface area contributed by atoms with Gasteiger partial charge in [0.1, 0.15) is 4.66 Å². The average molecular weight is 295 g/mol. The minimum absolute atomic E-state index is 0.188. The summed E-state index contributed by atoms with van der Waals surface area (Å²) >= 11 is 2.86. The molecule has 0 atom stereocenters. The Hall–Kier alpha value is -1.66. The minimum Gasteiger partial charge on any atom is -0.463 e. The molecular formula is C13H13NO3S2. The van der Waals surface area contributed by atoms with Crippen LogP contribution in [0.4, 0.5) is 0 Å². The van der Waals surface area contributed by atoms with E-state index >= 15 is 0 Å². The number of aryl methyl sites for hydroxylation is 1. The molecule has 100 valence electrons. The number of esters is 1. The highest BCUT2D eigenvalue weighted by Crippen LogP contribution is 2.14. The second-order valence-electron chi connectivity index (χ2n) is 3.77. The number of nitrogens with one attached hydrogen (secondary N) is 1. The lowest BCUT2D eigenvalue weighted by molar-refractivity contribution is -0.135. The van der Waals surface area contributed by atoms with Gasteiger partial charge in [0.15, 0.2) is 0 Å². The maximum atomic E-state index is 11.7. The molecule has 0 radical (unpaired) electrons. The molecular weight excluding hydrogens is 282 g/mol. The standard InChI is InChI=1S/C13H13NO3S2/c1-3-17-12(15)7-11-14-13(16)10(19-11)6-9-5-4-8(2)18-9/h4-7H,3H2,1-2H3,(H,14,16)/b10-6+,11-7-. The second kappa shape index (κ2) is 5.99. The van der Waals surface area contributed by atoms with E-state index in [2.05, 4.69) is 4.98 Å². The normalized spacial score (nSPS) is 12.9. The Morgan fingerprint density at radius 3 is 2.84 bits per heavy atom. The first kappa shape index (κ1) is 13.8. The van der Waals surface area contributed by atoms with Crippen molar-refractivity contribution in [1.82, 2.24) is 4.98 Å². The number of ether oxygens (including phenoxy) is 1. The Labute approximate surface area is 117 Å². The molecule has 19 heavy (non-hydrogen) atoms. The number of aromatic amines is 1. The van der Waals surface area contributed by atoms with Gasteiger partial charge in [-0.2, -0.15) is 0 Å². The molecule has 0 fully saturated rings. The van der Waals surface area contributed by atoms with Gasteiger partial charge in [0.05, 0.1) is 17.2 Å². The molecule has 2 rings (SSSR count). The maximum Gasteiger partial charge on any atom is 0.333 e. The predicted octanol–water partition coefficient (Wildman–Crippen LogP) is 0.979. The molecule has 0 aliphatic rings. The first-order chi connectivity index (χ1) is 9.08. The summed E-state index contributed by atoms with van der Waals surface area (Å²) in [4.78, 5) is 27.9. The number of thiophene rings is 1. The van der Waals surface area contributed by atoms with Crippen molar-refractivity contribution < 1.29 is 9.53 Å². The van der Waals surface area contributed by atoms with E-state index in [0.717, 1.165) is 4.88 Å². The van der Waals surface area contributed by atoms with Crippen molar-refractivity contribution in [3.8, 4) is 0 Å². The zero-order valence-electron chi connectivity index (χ0n) is 10.6. The molecule has 6 heteroatoms. The number of rotatable bonds is 3. The van der Waals surface area contributed by atoms with Gasteiger partial charge in [0.2, 0.25) is 0 Å². The third-order valence-corrected chi connectivity index (χ3v) is 4.16. The van der Waals surface area contributed by atoms with E-state index in [9.17, 15) is 9.59 Å². The summed E-state index contributed by atoms with van der Waals surface area (Å²) in [6.07, 6.45) is 3.12. The minimum atomic E-state index is -0.446. The molecule has 0 aliphatic carbocycles. The van der Waals surface area contributed by atoms with Crippen LogP contribution in [-0.4, -0.2) is 17.6 Å². The van der Waals surface area contributed by atoms with E-state index in [1.165, 1.54) is 22.3 Å². The lowest BCUT2D eigenvalue weighted by Gasteiger charge is -1.92. The molecule has 4 nitrogen and oxygen atoms in total. The van der Waals surface area contributed by atoms with E-state index in [1.54, 1.807) is 18.3 Å². The Morgan fingerprint density at radius 2 is 2.21 bits per heavy atom. The Balaban J connectivity index is 2.39. The molecule has 0 aromatic carbocycles. The van der Waals surface area contributed by atoms with E-state index < -0.39 is 5.97 Å². The van der Waals surface area contributed by atoms with Crippen LogP contribution in [0.25, 0.3) is 12.2 Å². The summed E-state index contributed by atoms with van der Waals surface area (Å²) in [7, 11) is 0. The molecule has 2 aromatic rings. The number of aromatic nitrogens is 1. The van der Waals surface area contributed by atoms with E-state index in [4.69, 9.17) is 4.74 Å². The highest BCUT2D eigenvalue weighted by Gasteiger charge is 2.00. The molecule has 0 saturated heterocycles. The first-order valence-corrected chi connectivity index (χ1v) is 7.37. The number of thiazole rings is 1.